The van der Waals surface area contributed by atoms with Gasteiger partial charge >= 0.3 is 0 Å². The molecule has 0 saturated carbocycles. The molecule has 90 valence electrons. The monoisotopic (exact) mass is 223 g/mol. The molecule has 0 amide bonds. The minimum Gasteiger partial charge on any atom is -0.445 e. The number of hydrogen-bond donors (Lipinski definition) is 2. The molecule has 0 aromatic carbocycles. The summed E-state index contributed by atoms with van der Waals surface area (Å²) in [5, 5.41) is 3.41. The third kappa shape index (κ3) is 2.83. The average molecular weight is 223 g/mol. The van der Waals surface area contributed by atoms with Gasteiger partial charge in [0.2, 0.25) is 0 Å². The summed E-state index contributed by atoms with van der Waals surface area (Å²) in [5.74, 6) is 2.73. The fourth-order valence-electron chi connectivity index (χ4n) is 2.11. The molecule has 1 fully saturated rings. The summed E-state index contributed by atoms with van der Waals surface area (Å²) in [7, 11) is 0. The van der Waals surface area contributed by atoms with E-state index in [-0.39, 0.29) is 5.92 Å². The number of oxazole rings is 1. The van der Waals surface area contributed by atoms with Crippen molar-refractivity contribution >= 4 is 0 Å². The van der Waals surface area contributed by atoms with Crippen molar-refractivity contribution < 1.29 is 4.42 Å². The molecule has 1 aromatic heterocycles. The van der Waals surface area contributed by atoms with E-state index < -0.39 is 0 Å². The lowest BCUT2D eigenvalue weighted by atomic mass is 9.96. The Morgan fingerprint density at radius 2 is 2.56 bits per heavy atom. The molecule has 1 aliphatic heterocycles. The molecule has 2 unspecified atom stereocenters. The van der Waals surface area contributed by atoms with Crippen molar-refractivity contribution in [2.24, 2.45) is 11.7 Å². The Hall–Kier alpha value is -0.870. The SMILES string of the molecule is CC(CN)c1cnc(CC2CCCNC2)o1. The van der Waals surface area contributed by atoms with Crippen LogP contribution in [-0.4, -0.2) is 24.6 Å². The number of nitrogens with two attached hydrogens (primary N) is 1. The van der Waals surface area contributed by atoms with E-state index in [2.05, 4.69) is 17.2 Å². The Labute approximate surface area is 96.6 Å². The summed E-state index contributed by atoms with van der Waals surface area (Å²) >= 11 is 0. The minimum atomic E-state index is 0.269. The van der Waals surface area contributed by atoms with Crippen LogP contribution in [0.3, 0.4) is 0 Å². The second-order valence-electron chi connectivity index (χ2n) is 4.71. The maximum Gasteiger partial charge on any atom is 0.194 e. The van der Waals surface area contributed by atoms with Crippen molar-refractivity contribution in [1.29, 1.82) is 0 Å². The van der Waals surface area contributed by atoms with Gasteiger partial charge in [-0.05, 0) is 31.8 Å². The summed E-state index contributed by atoms with van der Waals surface area (Å²) < 4.78 is 5.72. The van der Waals surface area contributed by atoms with Crippen molar-refractivity contribution in [3.8, 4) is 0 Å². The van der Waals surface area contributed by atoms with Gasteiger partial charge in [0.05, 0.1) is 6.20 Å². The molecular weight excluding hydrogens is 202 g/mol. The zero-order valence-corrected chi connectivity index (χ0v) is 9.91. The smallest absolute Gasteiger partial charge is 0.194 e. The fourth-order valence-corrected chi connectivity index (χ4v) is 2.11. The number of aromatic nitrogens is 1. The zero-order valence-electron chi connectivity index (χ0n) is 9.91. The Morgan fingerprint density at radius 1 is 1.69 bits per heavy atom. The second-order valence-corrected chi connectivity index (χ2v) is 4.71. The molecule has 3 N–H and O–H groups in total. The molecule has 16 heavy (non-hydrogen) atoms. The second kappa shape index (κ2) is 5.46. The van der Waals surface area contributed by atoms with Gasteiger partial charge < -0.3 is 15.5 Å². The van der Waals surface area contributed by atoms with E-state index in [4.69, 9.17) is 10.2 Å². The number of nitrogens with one attached hydrogen (secondary N) is 1. The first-order valence-electron chi connectivity index (χ1n) is 6.15. The molecule has 0 spiro atoms. The maximum absolute atomic E-state index is 5.72. The molecule has 0 aliphatic carbocycles. The largest absolute Gasteiger partial charge is 0.445 e. The van der Waals surface area contributed by atoms with Crippen LogP contribution in [-0.2, 0) is 6.42 Å². The van der Waals surface area contributed by atoms with Crippen LogP contribution in [0, 0.1) is 5.92 Å². The van der Waals surface area contributed by atoms with Gasteiger partial charge in [0.25, 0.3) is 0 Å². The van der Waals surface area contributed by atoms with E-state index in [1.54, 1.807) is 0 Å². The van der Waals surface area contributed by atoms with Gasteiger partial charge in [0, 0.05) is 18.9 Å². The lowest BCUT2D eigenvalue weighted by Gasteiger charge is -2.21. The van der Waals surface area contributed by atoms with Crippen LogP contribution in [0.2, 0.25) is 0 Å². The van der Waals surface area contributed by atoms with Crippen molar-refractivity contribution in [2.45, 2.75) is 32.1 Å². The van der Waals surface area contributed by atoms with Crippen LogP contribution in [0.15, 0.2) is 10.6 Å². The van der Waals surface area contributed by atoms with E-state index in [9.17, 15) is 0 Å². The molecule has 0 radical (unpaired) electrons. The van der Waals surface area contributed by atoms with Gasteiger partial charge in [-0.2, -0.15) is 0 Å². The number of rotatable bonds is 4. The summed E-state index contributed by atoms with van der Waals surface area (Å²) in [5.41, 5.74) is 5.60. The van der Waals surface area contributed by atoms with Gasteiger partial charge in [-0.3, -0.25) is 0 Å². The third-order valence-corrected chi connectivity index (χ3v) is 3.27. The molecule has 1 saturated heterocycles. The van der Waals surface area contributed by atoms with Crippen LogP contribution in [0.1, 0.15) is 37.3 Å². The summed E-state index contributed by atoms with van der Waals surface area (Å²) in [6.07, 6.45) is 5.31. The fraction of sp³-hybridized carbons (Fsp3) is 0.750. The highest BCUT2D eigenvalue weighted by Crippen LogP contribution is 2.19. The van der Waals surface area contributed by atoms with E-state index in [1.807, 2.05) is 6.20 Å². The molecule has 1 aliphatic rings. The molecule has 0 bridgehead atoms. The quantitative estimate of drug-likeness (QED) is 0.807. The van der Waals surface area contributed by atoms with E-state index >= 15 is 0 Å². The highest BCUT2D eigenvalue weighted by atomic mass is 16.4. The molecule has 2 heterocycles. The topological polar surface area (TPSA) is 64.1 Å². The Kier molecular flexibility index (Phi) is 3.96. The normalized spacial score (nSPS) is 23.2. The first-order chi connectivity index (χ1) is 7.79. The predicted octanol–water partition coefficient (Wildman–Crippen LogP) is 1.28. The molecule has 2 rings (SSSR count). The summed E-state index contributed by atoms with van der Waals surface area (Å²) in [6.45, 7) is 4.91. The first kappa shape index (κ1) is 11.6. The number of nitrogens with zero attached hydrogens (tertiary/aromatic N) is 1. The van der Waals surface area contributed by atoms with E-state index in [0.717, 1.165) is 31.2 Å². The first-order valence-corrected chi connectivity index (χ1v) is 6.15. The number of hydrogen-bond acceptors (Lipinski definition) is 4. The Balaban J connectivity index is 1.91. The Bertz CT molecular complexity index is 318. The molecule has 4 heteroatoms. The van der Waals surface area contributed by atoms with Crippen molar-refractivity contribution in [2.75, 3.05) is 19.6 Å². The summed E-state index contributed by atoms with van der Waals surface area (Å²) in [6, 6.07) is 0. The maximum atomic E-state index is 5.72. The van der Waals surface area contributed by atoms with Crippen LogP contribution in [0.5, 0.6) is 0 Å². The standard InChI is InChI=1S/C12H21N3O/c1-9(6-13)11-8-15-12(16-11)5-10-3-2-4-14-7-10/h8-10,14H,2-7,13H2,1H3. The van der Waals surface area contributed by atoms with Crippen molar-refractivity contribution in [1.82, 2.24) is 10.3 Å². The lowest BCUT2D eigenvalue weighted by molar-refractivity contribution is 0.336. The van der Waals surface area contributed by atoms with Crippen LogP contribution in [0.25, 0.3) is 0 Å². The molecular formula is C12H21N3O. The summed E-state index contributed by atoms with van der Waals surface area (Å²) in [4.78, 5) is 4.33. The Morgan fingerprint density at radius 3 is 3.25 bits per heavy atom. The predicted molar refractivity (Wildman–Crippen MR) is 63.3 cm³/mol. The zero-order chi connectivity index (χ0) is 11.4. The van der Waals surface area contributed by atoms with Crippen molar-refractivity contribution in [3.05, 3.63) is 17.8 Å². The van der Waals surface area contributed by atoms with E-state index in [0.29, 0.717) is 12.5 Å². The van der Waals surface area contributed by atoms with Gasteiger partial charge in [0.1, 0.15) is 5.76 Å². The van der Waals surface area contributed by atoms with Crippen LogP contribution >= 0.6 is 0 Å². The van der Waals surface area contributed by atoms with E-state index in [1.165, 1.54) is 12.8 Å². The molecule has 2 atom stereocenters. The lowest BCUT2D eigenvalue weighted by Crippen LogP contribution is -2.30. The third-order valence-electron chi connectivity index (χ3n) is 3.27. The molecule has 4 nitrogen and oxygen atoms in total. The van der Waals surface area contributed by atoms with Gasteiger partial charge in [-0.25, -0.2) is 4.98 Å². The van der Waals surface area contributed by atoms with Gasteiger partial charge in [0.15, 0.2) is 5.89 Å². The minimum absolute atomic E-state index is 0.269. The highest BCUT2D eigenvalue weighted by molar-refractivity contribution is 5.01. The van der Waals surface area contributed by atoms with Gasteiger partial charge in [-0.1, -0.05) is 6.92 Å². The molecule has 1 aromatic rings. The highest BCUT2D eigenvalue weighted by Gasteiger charge is 2.17. The average Bonchev–Trinajstić information content (AvgIpc) is 2.78. The van der Waals surface area contributed by atoms with Crippen LogP contribution < -0.4 is 11.1 Å². The van der Waals surface area contributed by atoms with Gasteiger partial charge in [-0.15, -0.1) is 0 Å². The van der Waals surface area contributed by atoms with Crippen LogP contribution in [0.4, 0.5) is 0 Å². The van der Waals surface area contributed by atoms with Crippen molar-refractivity contribution in [3.63, 3.8) is 0 Å². The number of piperidine rings is 1.